The van der Waals surface area contributed by atoms with Gasteiger partial charge in [0, 0.05) is 17.8 Å². The first-order valence-electron chi connectivity index (χ1n) is 8.42. The number of imide groups is 1. The van der Waals surface area contributed by atoms with Crippen molar-refractivity contribution in [1.82, 2.24) is 5.32 Å². The van der Waals surface area contributed by atoms with Gasteiger partial charge in [-0.05, 0) is 48.5 Å². The van der Waals surface area contributed by atoms with E-state index in [4.69, 9.17) is 4.74 Å². The average Bonchev–Trinajstić information content (AvgIpc) is 2.69. The molecular weight excluding hydrogens is 400 g/mol. The Morgan fingerprint density at radius 2 is 1.40 bits per heavy atom. The van der Waals surface area contributed by atoms with Gasteiger partial charge in [-0.25, -0.2) is 13.6 Å². The van der Waals surface area contributed by atoms with Crippen molar-refractivity contribution in [3.05, 3.63) is 94.0 Å². The van der Waals surface area contributed by atoms with Gasteiger partial charge in [-0.3, -0.25) is 20.2 Å². The summed E-state index contributed by atoms with van der Waals surface area (Å²) in [6.45, 7) is 0. The van der Waals surface area contributed by atoms with Crippen molar-refractivity contribution >= 4 is 23.3 Å². The molecule has 0 saturated carbocycles. The smallest absolute Gasteiger partial charge is 0.326 e. The molecule has 0 atom stereocenters. The van der Waals surface area contributed by atoms with Crippen LogP contribution in [0.15, 0.2) is 66.7 Å². The lowest BCUT2D eigenvalue weighted by Gasteiger charge is -2.09. The molecule has 0 aliphatic rings. The Hall–Kier alpha value is -4.34. The third-order valence-corrected chi connectivity index (χ3v) is 3.81. The summed E-state index contributed by atoms with van der Waals surface area (Å²) in [5.41, 5.74) is -0.650. The largest absolute Gasteiger partial charge is 0.457 e. The van der Waals surface area contributed by atoms with Crippen molar-refractivity contribution in [2.45, 2.75) is 0 Å². The maximum Gasteiger partial charge on any atom is 0.326 e. The van der Waals surface area contributed by atoms with Gasteiger partial charge >= 0.3 is 6.03 Å². The molecule has 3 amide bonds. The number of nitrogens with zero attached hydrogens (tertiary/aromatic N) is 1. The van der Waals surface area contributed by atoms with Crippen molar-refractivity contribution in [3.63, 3.8) is 0 Å². The summed E-state index contributed by atoms with van der Waals surface area (Å²) in [7, 11) is 0. The van der Waals surface area contributed by atoms with Gasteiger partial charge < -0.3 is 10.1 Å². The third-order valence-electron chi connectivity index (χ3n) is 3.81. The van der Waals surface area contributed by atoms with Crippen LogP contribution in [0.4, 0.5) is 25.0 Å². The number of non-ortho nitro benzene ring substituents is 1. The summed E-state index contributed by atoms with van der Waals surface area (Å²) in [5.74, 6) is -2.64. The Bertz CT molecular complexity index is 1080. The van der Waals surface area contributed by atoms with Gasteiger partial charge in [-0.1, -0.05) is 6.07 Å². The Balaban J connectivity index is 1.59. The van der Waals surface area contributed by atoms with E-state index in [-0.39, 0.29) is 11.4 Å². The number of ether oxygens (including phenoxy) is 1. The molecule has 0 aromatic heterocycles. The summed E-state index contributed by atoms with van der Waals surface area (Å²) < 4.78 is 32.7. The summed E-state index contributed by atoms with van der Waals surface area (Å²) in [6, 6.07) is 13.3. The number of nitro benzene ring substituents is 1. The molecular formula is C20H13F2N3O5. The van der Waals surface area contributed by atoms with Crippen LogP contribution in [-0.2, 0) is 0 Å². The number of nitrogens with one attached hydrogen (secondary N) is 2. The quantitative estimate of drug-likeness (QED) is 0.468. The van der Waals surface area contributed by atoms with E-state index in [0.29, 0.717) is 11.5 Å². The van der Waals surface area contributed by atoms with Crippen LogP contribution in [0.1, 0.15) is 10.4 Å². The Morgan fingerprint density at radius 3 is 1.93 bits per heavy atom. The van der Waals surface area contributed by atoms with Gasteiger partial charge in [0.05, 0.1) is 4.92 Å². The first kappa shape index (κ1) is 20.4. The van der Waals surface area contributed by atoms with E-state index < -0.39 is 34.1 Å². The van der Waals surface area contributed by atoms with Crippen LogP contribution in [0.3, 0.4) is 0 Å². The van der Waals surface area contributed by atoms with E-state index in [1.165, 1.54) is 48.5 Å². The minimum Gasteiger partial charge on any atom is -0.457 e. The number of urea groups is 1. The van der Waals surface area contributed by atoms with E-state index in [1.807, 2.05) is 5.32 Å². The molecule has 3 rings (SSSR count). The van der Waals surface area contributed by atoms with Gasteiger partial charge in [0.2, 0.25) is 0 Å². The predicted octanol–water partition coefficient (Wildman–Crippen LogP) is 4.63. The normalized spacial score (nSPS) is 10.2. The van der Waals surface area contributed by atoms with Gasteiger partial charge in [-0.15, -0.1) is 0 Å². The van der Waals surface area contributed by atoms with Gasteiger partial charge in [0.1, 0.15) is 28.7 Å². The molecule has 0 radical (unpaired) electrons. The number of carbonyl (C=O) groups is 2. The second kappa shape index (κ2) is 8.78. The molecule has 8 nitrogen and oxygen atoms in total. The number of nitro groups is 1. The topological polar surface area (TPSA) is 111 Å². The SMILES string of the molecule is O=C(NC(=O)c1c(F)cccc1F)Nc1ccc(Oc2ccc([N+](=O)[O-])cc2)cc1. The second-order valence-corrected chi connectivity index (χ2v) is 5.88. The third kappa shape index (κ3) is 4.93. The fraction of sp³-hybridized carbons (Fsp3) is 0. The van der Waals surface area contributed by atoms with E-state index in [9.17, 15) is 28.5 Å². The Labute approximate surface area is 168 Å². The van der Waals surface area contributed by atoms with E-state index in [2.05, 4.69) is 5.32 Å². The van der Waals surface area contributed by atoms with Crippen LogP contribution in [0.5, 0.6) is 11.5 Å². The van der Waals surface area contributed by atoms with Crippen LogP contribution < -0.4 is 15.4 Å². The molecule has 0 aliphatic carbocycles. The maximum atomic E-state index is 13.6. The van der Waals surface area contributed by atoms with Crippen molar-refractivity contribution in [2.24, 2.45) is 0 Å². The molecule has 3 aromatic carbocycles. The standard InChI is InChI=1S/C20H13F2N3O5/c21-16-2-1-3-17(22)18(16)19(26)24-20(27)23-12-4-8-14(9-5-12)30-15-10-6-13(7-11-15)25(28)29/h1-11H,(H2,23,24,26,27). The highest BCUT2D eigenvalue weighted by molar-refractivity contribution is 6.08. The van der Waals surface area contributed by atoms with Crippen LogP contribution in [0.2, 0.25) is 0 Å². The molecule has 2 N–H and O–H groups in total. The number of rotatable bonds is 5. The lowest BCUT2D eigenvalue weighted by molar-refractivity contribution is -0.384. The zero-order valence-corrected chi connectivity index (χ0v) is 15.1. The van der Waals surface area contributed by atoms with E-state index in [1.54, 1.807) is 0 Å². The fourth-order valence-corrected chi connectivity index (χ4v) is 2.42. The van der Waals surface area contributed by atoms with Gasteiger partial charge in [0.25, 0.3) is 11.6 Å². The number of hydrogen-bond acceptors (Lipinski definition) is 5. The van der Waals surface area contributed by atoms with E-state index >= 15 is 0 Å². The molecule has 0 aliphatic heterocycles. The lowest BCUT2D eigenvalue weighted by Crippen LogP contribution is -2.35. The molecule has 0 heterocycles. The molecule has 3 aromatic rings. The minimum absolute atomic E-state index is 0.0716. The molecule has 0 saturated heterocycles. The first-order valence-corrected chi connectivity index (χ1v) is 8.42. The van der Waals surface area contributed by atoms with Crippen molar-refractivity contribution in [2.75, 3.05) is 5.32 Å². The molecule has 0 unspecified atom stereocenters. The fourth-order valence-electron chi connectivity index (χ4n) is 2.42. The average molecular weight is 413 g/mol. The highest BCUT2D eigenvalue weighted by Gasteiger charge is 2.19. The minimum atomic E-state index is -1.22. The number of halogens is 2. The predicted molar refractivity (Wildman–Crippen MR) is 102 cm³/mol. The number of anilines is 1. The van der Waals surface area contributed by atoms with Crippen LogP contribution in [0, 0.1) is 21.7 Å². The molecule has 10 heteroatoms. The lowest BCUT2D eigenvalue weighted by atomic mass is 10.2. The second-order valence-electron chi connectivity index (χ2n) is 5.88. The first-order chi connectivity index (χ1) is 14.3. The zero-order valence-electron chi connectivity index (χ0n) is 15.1. The molecule has 0 fully saturated rings. The number of benzene rings is 3. The van der Waals surface area contributed by atoms with Crippen LogP contribution in [-0.4, -0.2) is 16.9 Å². The Morgan fingerprint density at radius 1 is 0.867 bits per heavy atom. The molecule has 0 bridgehead atoms. The molecule has 30 heavy (non-hydrogen) atoms. The summed E-state index contributed by atoms with van der Waals surface area (Å²) >= 11 is 0. The number of hydrogen-bond donors (Lipinski definition) is 2. The van der Waals surface area contributed by atoms with Gasteiger partial charge in [-0.2, -0.15) is 0 Å². The highest BCUT2D eigenvalue weighted by Crippen LogP contribution is 2.25. The maximum absolute atomic E-state index is 13.6. The highest BCUT2D eigenvalue weighted by atomic mass is 19.1. The number of carbonyl (C=O) groups excluding carboxylic acids is 2. The Kier molecular flexibility index (Phi) is 5.97. The van der Waals surface area contributed by atoms with E-state index in [0.717, 1.165) is 18.2 Å². The summed E-state index contributed by atoms with van der Waals surface area (Å²) in [6.07, 6.45) is 0. The van der Waals surface area contributed by atoms with Gasteiger partial charge in [0.15, 0.2) is 0 Å². The van der Waals surface area contributed by atoms with Crippen molar-refractivity contribution < 1.29 is 28.0 Å². The molecule has 152 valence electrons. The van der Waals surface area contributed by atoms with Crippen molar-refractivity contribution in [1.29, 1.82) is 0 Å². The summed E-state index contributed by atoms with van der Waals surface area (Å²) in [5, 5.41) is 14.8. The van der Waals surface area contributed by atoms with Crippen molar-refractivity contribution in [3.8, 4) is 11.5 Å². The number of amides is 3. The molecule has 0 spiro atoms. The summed E-state index contributed by atoms with van der Waals surface area (Å²) in [4.78, 5) is 33.9. The zero-order chi connectivity index (χ0) is 21.7. The van der Waals surface area contributed by atoms with Crippen LogP contribution in [0.25, 0.3) is 0 Å². The van der Waals surface area contributed by atoms with Crippen LogP contribution >= 0.6 is 0 Å². The monoisotopic (exact) mass is 413 g/mol.